The minimum atomic E-state index is 0.247. The number of nitrogens with zero attached hydrogens (tertiary/aromatic N) is 2. The molecule has 0 amide bonds. The molecule has 6 heteroatoms. The summed E-state index contributed by atoms with van der Waals surface area (Å²) >= 11 is 0. The smallest absolute Gasteiger partial charge is 0.264 e. The van der Waals surface area contributed by atoms with Crippen LogP contribution in [0.4, 0.5) is 0 Å². The zero-order chi connectivity index (χ0) is 14.4. The summed E-state index contributed by atoms with van der Waals surface area (Å²) in [6.07, 6.45) is 1.46. The van der Waals surface area contributed by atoms with Crippen molar-refractivity contribution in [3.63, 3.8) is 0 Å². The lowest BCUT2D eigenvalue weighted by Crippen LogP contribution is -2.06. The summed E-state index contributed by atoms with van der Waals surface area (Å²) < 4.78 is 16.0. The third-order valence-corrected chi connectivity index (χ3v) is 2.86. The predicted molar refractivity (Wildman–Crippen MR) is 73.8 cm³/mol. The van der Waals surface area contributed by atoms with E-state index in [4.69, 9.17) is 19.7 Å². The van der Waals surface area contributed by atoms with Crippen molar-refractivity contribution < 1.29 is 14.0 Å². The van der Waals surface area contributed by atoms with Crippen LogP contribution >= 0.6 is 0 Å². The molecule has 0 aliphatic carbocycles. The first-order valence-electron chi connectivity index (χ1n) is 6.58. The van der Waals surface area contributed by atoms with Crippen molar-refractivity contribution in [1.82, 2.24) is 10.1 Å². The Hall–Kier alpha value is -2.08. The third kappa shape index (κ3) is 3.48. The van der Waals surface area contributed by atoms with Gasteiger partial charge in [0.15, 0.2) is 12.4 Å². The van der Waals surface area contributed by atoms with E-state index in [0.717, 1.165) is 29.9 Å². The summed E-state index contributed by atoms with van der Waals surface area (Å²) in [7, 11) is 1.63. The molecule has 1 heterocycles. The zero-order valence-electron chi connectivity index (χ0n) is 11.8. The lowest BCUT2D eigenvalue weighted by molar-refractivity contribution is 0.240. The first kappa shape index (κ1) is 14.3. The van der Waals surface area contributed by atoms with Gasteiger partial charge in [0.1, 0.15) is 11.5 Å². The van der Waals surface area contributed by atoms with Gasteiger partial charge in [0.05, 0.1) is 7.11 Å². The summed E-state index contributed by atoms with van der Waals surface area (Å²) in [6, 6.07) is 5.63. The molecule has 0 saturated carbocycles. The summed E-state index contributed by atoms with van der Waals surface area (Å²) in [5, 5.41) is 3.83. The fourth-order valence-electron chi connectivity index (χ4n) is 1.81. The van der Waals surface area contributed by atoms with Gasteiger partial charge in [-0.1, -0.05) is 12.1 Å². The Morgan fingerprint density at radius 3 is 2.85 bits per heavy atom. The lowest BCUT2D eigenvalue weighted by atomic mass is 10.1. The van der Waals surface area contributed by atoms with Gasteiger partial charge in [0.25, 0.3) is 5.89 Å². The third-order valence-electron chi connectivity index (χ3n) is 2.86. The second-order valence-electron chi connectivity index (χ2n) is 4.26. The van der Waals surface area contributed by atoms with Crippen LogP contribution in [0.2, 0.25) is 0 Å². The lowest BCUT2D eigenvalue weighted by Gasteiger charge is -2.11. The molecule has 0 spiro atoms. The first-order valence-corrected chi connectivity index (χ1v) is 6.58. The van der Waals surface area contributed by atoms with E-state index < -0.39 is 0 Å². The average Bonchev–Trinajstić information content (AvgIpc) is 2.94. The highest BCUT2D eigenvalue weighted by Gasteiger charge is 2.09. The van der Waals surface area contributed by atoms with Gasteiger partial charge < -0.3 is 19.7 Å². The topological polar surface area (TPSA) is 83.4 Å². The number of aryl methyl sites for hydroxylation is 1. The summed E-state index contributed by atoms with van der Waals surface area (Å²) in [6.45, 7) is 2.76. The minimum absolute atomic E-state index is 0.247. The van der Waals surface area contributed by atoms with Crippen molar-refractivity contribution in [2.75, 3.05) is 13.7 Å². The Morgan fingerprint density at radius 1 is 1.35 bits per heavy atom. The fraction of sp³-hybridized carbons (Fsp3) is 0.429. The molecule has 2 aromatic rings. The van der Waals surface area contributed by atoms with Gasteiger partial charge in [0, 0.05) is 6.42 Å². The van der Waals surface area contributed by atoms with Gasteiger partial charge in [-0.2, -0.15) is 4.98 Å². The largest absolute Gasteiger partial charge is 0.497 e. The average molecular weight is 277 g/mol. The fourth-order valence-corrected chi connectivity index (χ4v) is 1.81. The molecular formula is C14H19N3O3. The highest BCUT2D eigenvalue weighted by molar-refractivity contribution is 5.40. The Morgan fingerprint density at radius 2 is 2.20 bits per heavy atom. The second-order valence-corrected chi connectivity index (χ2v) is 4.26. The van der Waals surface area contributed by atoms with Crippen LogP contribution in [0.5, 0.6) is 11.5 Å². The molecule has 1 aromatic heterocycles. The number of hydrogen-bond acceptors (Lipinski definition) is 6. The van der Waals surface area contributed by atoms with Crippen molar-refractivity contribution >= 4 is 0 Å². The van der Waals surface area contributed by atoms with E-state index in [1.165, 1.54) is 0 Å². The van der Waals surface area contributed by atoms with Crippen LogP contribution in [0.1, 0.15) is 24.2 Å². The molecule has 0 unspecified atom stereocenters. The van der Waals surface area contributed by atoms with E-state index in [1.54, 1.807) is 7.11 Å². The van der Waals surface area contributed by atoms with Crippen molar-refractivity contribution in [1.29, 1.82) is 0 Å². The molecule has 0 aliphatic heterocycles. The van der Waals surface area contributed by atoms with E-state index in [2.05, 4.69) is 10.1 Å². The Balaban J connectivity index is 2.07. The standard InChI is InChI=1S/C14H19N3O3/c1-3-13-16-14(20-17-13)9-19-12-5-4-11(18-2)8-10(12)6-7-15/h4-5,8H,3,6-7,9,15H2,1-2H3. The van der Waals surface area contributed by atoms with E-state index in [-0.39, 0.29) is 6.61 Å². The number of methoxy groups -OCH3 is 1. The number of aromatic nitrogens is 2. The molecule has 0 atom stereocenters. The van der Waals surface area contributed by atoms with Crippen molar-refractivity contribution in [3.8, 4) is 11.5 Å². The number of benzene rings is 1. The summed E-state index contributed by atoms with van der Waals surface area (Å²) in [4.78, 5) is 4.20. The SMILES string of the molecule is CCc1noc(COc2ccc(OC)cc2CCN)n1. The van der Waals surface area contributed by atoms with Gasteiger partial charge >= 0.3 is 0 Å². The Labute approximate surface area is 117 Å². The van der Waals surface area contributed by atoms with Gasteiger partial charge in [-0.25, -0.2) is 0 Å². The molecule has 0 saturated heterocycles. The maximum absolute atomic E-state index is 5.73. The Bertz CT molecular complexity index is 554. The van der Waals surface area contributed by atoms with Gasteiger partial charge in [0.2, 0.25) is 0 Å². The highest BCUT2D eigenvalue weighted by Crippen LogP contribution is 2.25. The van der Waals surface area contributed by atoms with Crippen LogP contribution in [0.15, 0.2) is 22.7 Å². The number of nitrogens with two attached hydrogens (primary N) is 1. The van der Waals surface area contributed by atoms with Crippen LogP contribution in [0.3, 0.4) is 0 Å². The number of ether oxygens (including phenoxy) is 2. The van der Waals surface area contributed by atoms with Crippen molar-refractivity contribution in [2.24, 2.45) is 5.73 Å². The highest BCUT2D eigenvalue weighted by atomic mass is 16.5. The van der Waals surface area contributed by atoms with Gasteiger partial charge in [-0.3, -0.25) is 0 Å². The van der Waals surface area contributed by atoms with Gasteiger partial charge in [-0.15, -0.1) is 0 Å². The second kappa shape index (κ2) is 6.91. The van der Waals surface area contributed by atoms with Crippen LogP contribution in [0.25, 0.3) is 0 Å². The molecular weight excluding hydrogens is 258 g/mol. The molecule has 0 aliphatic rings. The summed E-state index contributed by atoms with van der Waals surface area (Å²) in [5.41, 5.74) is 6.61. The Kier molecular flexibility index (Phi) is 4.95. The molecule has 2 N–H and O–H groups in total. The monoisotopic (exact) mass is 277 g/mol. The molecule has 0 radical (unpaired) electrons. The first-order chi connectivity index (χ1) is 9.76. The molecule has 6 nitrogen and oxygen atoms in total. The van der Waals surface area contributed by atoms with Crippen LogP contribution in [-0.4, -0.2) is 23.8 Å². The molecule has 0 bridgehead atoms. The van der Waals surface area contributed by atoms with Crippen LogP contribution in [0, 0.1) is 0 Å². The normalized spacial score (nSPS) is 10.6. The minimum Gasteiger partial charge on any atom is -0.497 e. The number of hydrogen-bond donors (Lipinski definition) is 1. The van der Waals surface area contributed by atoms with Crippen LogP contribution < -0.4 is 15.2 Å². The molecule has 108 valence electrons. The molecule has 2 rings (SSSR count). The zero-order valence-corrected chi connectivity index (χ0v) is 11.8. The summed E-state index contributed by atoms with van der Waals surface area (Å²) in [5.74, 6) is 2.69. The maximum atomic E-state index is 5.73. The molecule has 20 heavy (non-hydrogen) atoms. The van der Waals surface area contributed by atoms with E-state index >= 15 is 0 Å². The van der Waals surface area contributed by atoms with Crippen molar-refractivity contribution in [2.45, 2.75) is 26.4 Å². The number of rotatable bonds is 7. The van der Waals surface area contributed by atoms with Gasteiger partial charge in [-0.05, 0) is 36.7 Å². The predicted octanol–water partition coefficient (Wildman–Crippen LogP) is 1.72. The van der Waals surface area contributed by atoms with E-state index in [9.17, 15) is 0 Å². The van der Waals surface area contributed by atoms with Crippen LogP contribution in [-0.2, 0) is 19.4 Å². The quantitative estimate of drug-likeness (QED) is 0.829. The molecule has 0 fully saturated rings. The van der Waals surface area contributed by atoms with E-state index in [1.807, 2.05) is 25.1 Å². The van der Waals surface area contributed by atoms with E-state index in [0.29, 0.717) is 18.3 Å². The van der Waals surface area contributed by atoms with Crippen molar-refractivity contribution in [3.05, 3.63) is 35.5 Å². The maximum Gasteiger partial charge on any atom is 0.264 e. The molecule has 1 aromatic carbocycles.